The van der Waals surface area contributed by atoms with Crippen molar-refractivity contribution in [1.29, 1.82) is 0 Å². The van der Waals surface area contributed by atoms with E-state index in [0.29, 0.717) is 17.1 Å². The van der Waals surface area contributed by atoms with Gasteiger partial charge in [0.15, 0.2) is 5.78 Å². The monoisotopic (exact) mass is 427 g/mol. The van der Waals surface area contributed by atoms with E-state index in [1.807, 2.05) is 0 Å². The third kappa shape index (κ3) is 8.62. The van der Waals surface area contributed by atoms with Crippen molar-refractivity contribution >= 4 is 5.78 Å². The highest BCUT2D eigenvalue weighted by Gasteiger charge is 2.15. The predicted molar refractivity (Wildman–Crippen MR) is 125 cm³/mol. The molecule has 5 nitrogen and oxygen atoms in total. The van der Waals surface area contributed by atoms with Crippen molar-refractivity contribution in [3.63, 3.8) is 0 Å². The Morgan fingerprint density at radius 1 is 0.903 bits per heavy atom. The standard InChI is InChI=1S/C26H37NO4/c1-3-4-5-6-7-8-9-10-11-12-25(27)31-22-17-18-23(24(28)19-22)26(29)20-13-15-21(30-2)16-14-20/h13-19,25,28H,3-12,27H2,1-2H3. The first kappa shape index (κ1) is 24.7. The van der Waals surface area contributed by atoms with E-state index in [-0.39, 0.29) is 17.1 Å². The van der Waals surface area contributed by atoms with Gasteiger partial charge in [0.2, 0.25) is 0 Å². The van der Waals surface area contributed by atoms with Crippen molar-refractivity contribution in [3.8, 4) is 17.2 Å². The number of unbranched alkanes of at least 4 members (excludes halogenated alkanes) is 8. The second-order valence-corrected chi connectivity index (χ2v) is 8.01. The van der Waals surface area contributed by atoms with Crippen molar-refractivity contribution in [2.24, 2.45) is 5.73 Å². The Labute approximate surface area is 186 Å². The van der Waals surface area contributed by atoms with Crippen LogP contribution in [0.4, 0.5) is 0 Å². The number of rotatable bonds is 15. The number of hydrogen-bond donors (Lipinski definition) is 2. The Balaban J connectivity index is 1.75. The van der Waals surface area contributed by atoms with Crippen molar-refractivity contribution in [3.05, 3.63) is 53.6 Å². The zero-order valence-electron chi connectivity index (χ0n) is 18.9. The molecule has 0 radical (unpaired) electrons. The number of phenolic OH excluding ortho intramolecular Hbond substituents is 1. The predicted octanol–water partition coefficient (Wildman–Crippen LogP) is 6.22. The maximum absolute atomic E-state index is 12.6. The number of ketones is 1. The highest BCUT2D eigenvalue weighted by molar-refractivity contribution is 6.10. The quantitative estimate of drug-likeness (QED) is 0.200. The summed E-state index contributed by atoms with van der Waals surface area (Å²) >= 11 is 0. The zero-order valence-corrected chi connectivity index (χ0v) is 18.9. The van der Waals surface area contributed by atoms with Crippen LogP contribution in [0.15, 0.2) is 42.5 Å². The summed E-state index contributed by atoms with van der Waals surface area (Å²) in [6.45, 7) is 2.24. The maximum atomic E-state index is 12.6. The average molecular weight is 428 g/mol. The van der Waals surface area contributed by atoms with Gasteiger partial charge in [-0.05, 0) is 49.2 Å². The van der Waals surface area contributed by atoms with E-state index in [2.05, 4.69) is 6.92 Å². The van der Waals surface area contributed by atoms with Gasteiger partial charge in [-0.25, -0.2) is 0 Å². The van der Waals surface area contributed by atoms with Gasteiger partial charge in [0, 0.05) is 11.6 Å². The SMILES string of the molecule is CCCCCCCCCCCC(N)Oc1ccc(C(=O)c2ccc(OC)cc2)c(O)c1. The number of hydrogen-bond acceptors (Lipinski definition) is 5. The maximum Gasteiger partial charge on any atom is 0.196 e. The Morgan fingerprint density at radius 3 is 2.06 bits per heavy atom. The number of phenols is 1. The number of nitrogens with two attached hydrogens (primary N) is 1. The third-order valence-corrected chi connectivity index (χ3v) is 5.45. The van der Waals surface area contributed by atoms with E-state index < -0.39 is 6.23 Å². The molecule has 31 heavy (non-hydrogen) atoms. The fourth-order valence-corrected chi connectivity index (χ4v) is 3.56. The molecule has 0 saturated carbocycles. The van der Waals surface area contributed by atoms with Gasteiger partial charge in [-0.1, -0.05) is 58.3 Å². The fourth-order valence-electron chi connectivity index (χ4n) is 3.56. The summed E-state index contributed by atoms with van der Waals surface area (Å²) in [4.78, 5) is 12.6. The Hall–Kier alpha value is -2.53. The third-order valence-electron chi connectivity index (χ3n) is 5.45. The van der Waals surface area contributed by atoms with E-state index in [1.165, 1.54) is 51.0 Å². The lowest BCUT2D eigenvalue weighted by atomic mass is 10.0. The summed E-state index contributed by atoms with van der Waals surface area (Å²) in [6.07, 6.45) is 11.7. The number of benzene rings is 2. The minimum absolute atomic E-state index is 0.117. The van der Waals surface area contributed by atoms with E-state index in [4.69, 9.17) is 15.2 Å². The molecule has 170 valence electrons. The second kappa shape index (κ2) is 13.7. The van der Waals surface area contributed by atoms with Gasteiger partial charge in [0.1, 0.15) is 23.5 Å². The van der Waals surface area contributed by atoms with Gasteiger partial charge in [0.05, 0.1) is 12.7 Å². The van der Waals surface area contributed by atoms with E-state index in [9.17, 15) is 9.90 Å². The minimum Gasteiger partial charge on any atom is -0.507 e. The van der Waals surface area contributed by atoms with Crippen LogP contribution >= 0.6 is 0 Å². The highest BCUT2D eigenvalue weighted by atomic mass is 16.5. The number of ether oxygens (including phenoxy) is 2. The number of methoxy groups -OCH3 is 1. The van der Waals surface area contributed by atoms with E-state index in [0.717, 1.165) is 19.3 Å². The summed E-state index contributed by atoms with van der Waals surface area (Å²) < 4.78 is 10.8. The van der Waals surface area contributed by atoms with Gasteiger partial charge >= 0.3 is 0 Å². The molecule has 0 heterocycles. The average Bonchev–Trinajstić information content (AvgIpc) is 2.77. The fraction of sp³-hybridized carbons (Fsp3) is 0.500. The summed E-state index contributed by atoms with van der Waals surface area (Å²) in [5.74, 6) is 0.761. The summed E-state index contributed by atoms with van der Waals surface area (Å²) in [5, 5.41) is 10.3. The van der Waals surface area contributed by atoms with E-state index in [1.54, 1.807) is 43.5 Å². The summed E-state index contributed by atoms with van der Waals surface area (Å²) in [5.41, 5.74) is 6.79. The van der Waals surface area contributed by atoms with Crippen LogP contribution in [0.5, 0.6) is 17.2 Å². The van der Waals surface area contributed by atoms with Crippen LogP contribution in [-0.2, 0) is 0 Å². The van der Waals surface area contributed by atoms with Crippen molar-refractivity contribution in [2.75, 3.05) is 7.11 Å². The molecule has 0 aliphatic rings. The summed E-state index contributed by atoms with van der Waals surface area (Å²) in [6, 6.07) is 11.5. The van der Waals surface area contributed by atoms with Crippen LogP contribution < -0.4 is 15.2 Å². The number of carbonyl (C=O) groups excluding carboxylic acids is 1. The molecule has 0 spiro atoms. The largest absolute Gasteiger partial charge is 0.507 e. The molecule has 2 aromatic carbocycles. The Kier molecular flexibility index (Phi) is 10.9. The number of carbonyl (C=O) groups is 1. The first-order valence-electron chi connectivity index (χ1n) is 11.5. The van der Waals surface area contributed by atoms with Crippen molar-refractivity contribution in [1.82, 2.24) is 0 Å². The van der Waals surface area contributed by atoms with Gasteiger partial charge < -0.3 is 14.6 Å². The lowest BCUT2D eigenvalue weighted by Crippen LogP contribution is -2.26. The van der Waals surface area contributed by atoms with E-state index >= 15 is 0 Å². The van der Waals surface area contributed by atoms with Crippen LogP contribution in [0.3, 0.4) is 0 Å². The lowest BCUT2D eigenvalue weighted by Gasteiger charge is -2.15. The molecule has 3 N–H and O–H groups in total. The van der Waals surface area contributed by atoms with Crippen LogP contribution in [0.2, 0.25) is 0 Å². The molecule has 1 unspecified atom stereocenters. The van der Waals surface area contributed by atoms with Crippen molar-refractivity contribution in [2.45, 2.75) is 77.4 Å². The highest BCUT2D eigenvalue weighted by Crippen LogP contribution is 2.27. The molecule has 0 saturated heterocycles. The van der Waals surface area contributed by atoms with Gasteiger partial charge in [0.25, 0.3) is 0 Å². The van der Waals surface area contributed by atoms with Crippen LogP contribution in [0.25, 0.3) is 0 Å². The molecule has 0 aliphatic heterocycles. The van der Waals surface area contributed by atoms with Gasteiger partial charge in [-0.3, -0.25) is 10.5 Å². The molecule has 5 heteroatoms. The van der Waals surface area contributed by atoms with Crippen LogP contribution in [0, 0.1) is 0 Å². The first-order valence-corrected chi connectivity index (χ1v) is 11.5. The molecule has 1 atom stereocenters. The second-order valence-electron chi connectivity index (χ2n) is 8.01. The minimum atomic E-state index is -0.424. The Bertz CT molecular complexity index is 788. The smallest absolute Gasteiger partial charge is 0.196 e. The molecule has 0 amide bonds. The van der Waals surface area contributed by atoms with Crippen LogP contribution in [0.1, 0.15) is 87.1 Å². The molecular formula is C26H37NO4. The Morgan fingerprint density at radius 2 is 1.48 bits per heavy atom. The zero-order chi connectivity index (χ0) is 22.5. The van der Waals surface area contributed by atoms with Gasteiger partial charge in [-0.2, -0.15) is 0 Å². The molecule has 2 rings (SSSR count). The normalized spacial score (nSPS) is 11.8. The van der Waals surface area contributed by atoms with Gasteiger partial charge in [-0.15, -0.1) is 0 Å². The molecule has 2 aromatic rings. The molecular weight excluding hydrogens is 390 g/mol. The van der Waals surface area contributed by atoms with Crippen LogP contribution in [-0.4, -0.2) is 24.2 Å². The topological polar surface area (TPSA) is 81.8 Å². The van der Waals surface area contributed by atoms with Crippen molar-refractivity contribution < 1.29 is 19.4 Å². The first-order chi connectivity index (χ1) is 15.0. The molecule has 0 aromatic heterocycles. The molecule has 0 fully saturated rings. The molecule has 0 bridgehead atoms. The number of aromatic hydroxyl groups is 1. The summed E-state index contributed by atoms with van der Waals surface area (Å²) in [7, 11) is 1.57. The lowest BCUT2D eigenvalue weighted by molar-refractivity contribution is 0.103. The molecule has 0 aliphatic carbocycles.